The number of hydrogen-bond donors (Lipinski definition) is 1. The summed E-state index contributed by atoms with van der Waals surface area (Å²) in [6, 6.07) is 13.6. The first-order valence-corrected chi connectivity index (χ1v) is 9.39. The molecule has 4 rings (SSSR count). The second-order valence-corrected chi connectivity index (χ2v) is 8.08. The Kier molecular flexibility index (Phi) is 4.41. The molecule has 6 heteroatoms. The Hall–Kier alpha value is -3.15. The maximum absolute atomic E-state index is 12.4. The SMILES string of the molecule is CC(C)(C)OC(=O)N1CCc2cc(-c3n[nH]c(=O)c4ccccc34)ccc2C1. The number of amides is 1. The smallest absolute Gasteiger partial charge is 0.410 e. The van der Waals surface area contributed by atoms with Crippen molar-refractivity contribution in [2.45, 2.75) is 39.3 Å². The van der Waals surface area contributed by atoms with Crippen molar-refractivity contribution in [2.75, 3.05) is 6.54 Å². The third-order valence-electron chi connectivity index (χ3n) is 4.84. The zero-order chi connectivity index (χ0) is 19.9. The van der Waals surface area contributed by atoms with E-state index in [9.17, 15) is 9.59 Å². The number of carbonyl (C=O) groups excluding carboxylic acids is 1. The molecular formula is C22H23N3O3. The van der Waals surface area contributed by atoms with Gasteiger partial charge in [0.1, 0.15) is 5.60 Å². The Morgan fingerprint density at radius 2 is 1.86 bits per heavy atom. The van der Waals surface area contributed by atoms with Crippen LogP contribution in [-0.2, 0) is 17.7 Å². The highest BCUT2D eigenvalue weighted by molar-refractivity contribution is 5.93. The summed E-state index contributed by atoms with van der Waals surface area (Å²) < 4.78 is 5.49. The minimum atomic E-state index is -0.502. The van der Waals surface area contributed by atoms with Crippen LogP contribution < -0.4 is 5.56 Å². The lowest BCUT2D eigenvalue weighted by Crippen LogP contribution is -2.39. The van der Waals surface area contributed by atoms with Gasteiger partial charge < -0.3 is 9.64 Å². The highest BCUT2D eigenvalue weighted by Gasteiger charge is 2.26. The van der Waals surface area contributed by atoms with Gasteiger partial charge in [0.05, 0.1) is 11.1 Å². The number of nitrogens with one attached hydrogen (secondary N) is 1. The number of benzene rings is 2. The second-order valence-electron chi connectivity index (χ2n) is 8.08. The van der Waals surface area contributed by atoms with Crippen LogP contribution in [0.2, 0.25) is 0 Å². The first-order valence-electron chi connectivity index (χ1n) is 9.39. The molecule has 1 aromatic heterocycles. The van der Waals surface area contributed by atoms with Crippen molar-refractivity contribution in [3.05, 3.63) is 63.9 Å². The van der Waals surface area contributed by atoms with Gasteiger partial charge in [0.15, 0.2) is 0 Å². The summed E-state index contributed by atoms with van der Waals surface area (Å²) >= 11 is 0. The van der Waals surface area contributed by atoms with E-state index in [-0.39, 0.29) is 11.7 Å². The minimum absolute atomic E-state index is 0.190. The van der Waals surface area contributed by atoms with Gasteiger partial charge >= 0.3 is 6.09 Å². The molecule has 0 bridgehead atoms. The van der Waals surface area contributed by atoms with Crippen LogP contribution in [0.15, 0.2) is 47.3 Å². The molecule has 3 aromatic rings. The first kappa shape index (κ1) is 18.2. The van der Waals surface area contributed by atoms with Gasteiger partial charge in [0.25, 0.3) is 5.56 Å². The lowest BCUT2D eigenvalue weighted by Gasteiger charge is -2.31. The molecule has 0 saturated carbocycles. The molecular weight excluding hydrogens is 354 g/mol. The number of ether oxygens (including phenoxy) is 1. The molecule has 0 aliphatic carbocycles. The van der Waals surface area contributed by atoms with Gasteiger partial charge in [0.2, 0.25) is 0 Å². The minimum Gasteiger partial charge on any atom is -0.444 e. The summed E-state index contributed by atoms with van der Waals surface area (Å²) in [5.41, 5.74) is 3.32. The number of rotatable bonds is 1. The molecule has 0 radical (unpaired) electrons. The third-order valence-corrected chi connectivity index (χ3v) is 4.84. The second kappa shape index (κ2) is 6.78. The predicted octanol–water partition coefficient (Wildman–Crippen LogP) is 3.88. The standard InChI is InChI=1S/C22H23N3O3/c1-22(2,3)28-21(27)25-11-10-14-12-15(8-9-16(14)13-25)19-17-6-4-5-7-18(17)20(26)24-23-19/h4-9,12H,10-11,13H2,1-3H3,(H,24,26). The van der Waals surface area contributed by atoms with Crippen molar-refractivity contribution in [3.63, 3.8) is 0 Å². The van der Waals surface area contributed by atoms with Gasteiger partial charge in [-0.3, -0.25) is 4.79 Å². The molecule has 1 aliphatic rings. The van der Waals surface area contributed by atoms with Crippen LogP contribution in [0.25, 0.3) is 22.0 Å². The molecule has 1 amide bonds. The van der Waals surface area contributed by atoms with Gasteiger partial charge in [-0.05, 0) is 50.5 Å². The van der Waals surface area contributed by atoms with Crippen LogP contribution in [0.1, 0.15) is 31.9 Å². The lowest BCUT2D eigenvalue weighted by molar-refractivity contribution is 0.0224. The molecule has 144 valence electrons. The maximum Gasteiger partial charge on any atom is 0.410 e. The first-order chi connectivity index (χ1) is 13.3. The third kappa shape index (κ3) is 3.50. The number of aromatic nitrogens is 2. The number of H-pyrrole nitrogens is 1. The topological polar surface area (TPSA) is 75.3 Å². The van der Waals surface area contributed by atoms with E-state index in [1.165, 1.54) is 5.56 Å². The zero-order valence-electron chi connectivity index (χ0n) is 16.3. The fourth-order valence-corrected chi connectivity index (χ4v) is 3.52. The maximum atomic E-state index is 12.4. The van der Waals surface area contributed by atoms with Crippen molar-refractivity contribution < 1.29 is 9.53 Å². The average Bonchev–Trinajstić information content (AvgIpc) is 2.66. The normalized spacial score (nSPS) is 14.0. The predicted molar refractivity (Wildman–Crippen MR) is 108 cm³/mol. The Bertz CT molecular complexity index is 1110. The Morgan fingerprint density at radius 3 is 2.61 bits per heavy atom. The van der Waals surface area contributed by atoms with E-state index in [1.54, 1.807) is 11.0 Å². The molecule has 2 heterocycles. The molecule has 0 fully saturated rings. The Labute approximate surface area is 163 Å². The van der Waals surface area contributed by atoms with Crippen LogP contribution in [-0.4, -0.2) is 33.3 Å². The van der Waals surface area contributed by atoms with Crippen molar-refractivity contribution in [1.82, 2.24) is 15.1 Å². The van der Waals surface area contributed by atoms with Gasteiger partial charge in [-0.2, -0.15) is 5.10 Å². The molecule has 1 N–H and O–H groups in total. The summed E-state index contributed by atoms with van der Waals surface area (Å²) in [4.78, 5) is 26.1. The summed E-state index contributed by atoms with van der Waals surface area (Å²) in [6.45, 7) is 6.76. The van der Waals surface area contributed by atoms with E-state index in [2.05, 4.69) is 16.3 Å². The summed E-state index contributed by atoms with van der Waals surface area (Å²) in [6.07, 6.45) is 0.472. The van der Waals surface area contributed by atoms with Gasteiger partial charge in [-0.1, -0.05) is 30.3 Å². The van der Waals surface area contributed by atoms with Crippen LogP contribution in [0, 0.1) is 0 Å². The summed E-state index contributed by atoms with van der Waals surface area (Å²) in [7, 11) is 0. The molecule has 28 heavy (non-hydrogen) atoms. The molecule has 1 aliphatic heterocycles. The van der Waals surface area contributed by atoms with E-state index < -0.39 is 5.60 Å². The fourth-order valence-electron chi connectivity index (χ4n) is 3.52. The Morgan fingerprint density at radius 1 is 1.11 bits per heavy atom. The van der Waals surface area contributed by atoms with E-state index >= 15 is 0 Å². The lowest BCUT2D eigenvalue weighted by atomic mass is 9.95. The van der Waals surface area contributed by atoms with Gasteiger partial charge in [-0.15, -0.1) is 0 Å². The number of hydrogen-bond acceptors (Lipinski definition) is 4. The van der Waals surface area contributed by atoms with E-state index in [4.69, 9.17) is 4.74 Å². The molecule has 0 unspecified atom stereocenters. The van der Waals surface area contributed by atoms with Crippen LogP contribution in [0.3, 0.4) is 0 Å². The van der Waals surface area contributed by atoms with Crippen molar-refractivity contribution in [2.24, 2.45) is 0 Å². The summed E-state index contributed by atoms with van der Waals surface area (Å²) in [5.74, 6) is 0. The van der Waals surface area contributed by atoms with E-state index in [0.29, 0.717) is 18.5 Å². The highest BCUT2D eigenvalue weighted by Crippen LogP contribution is 2.29. The average molecular weight is 377 g/mol. The molecule has 2 aromatic carbocycles. The van der Waals surface area contributed by atoms with Gasteiger partial charge in [-0.25, -0.2) is 9.89 Å². The van der Waals surface area contributed by atoms with Crippen LogP contribution in [0.5, 0.6) is 0 Å². The largest absolute Gasteiger partial charge is 0.444 e. The molecule has 0 spiro atoms. The van der Waals surface area contributed by atoms with Crippen molar-refractivity contribution in [3.8, 4) is 11.3 Å². The zero-order valence-corrected chi connectivity index (χ0v) is 16.3. The van der Waals surface area contributed by atoms with E-state index in [0.717, 1.165) is 28.6 Å². The number of nitrogens with zero attached hydrogens (tertiary/aromatic N) is 2. The molecule has 0 saturated heterocycles. The Balaban J connectivity index is 1.65. The summed E-state index contributed by atoms with van der Waals surface area (Å²) in [5, 5.41) is 8.33. The van der Waals surface area contributed by atoms with E-state index in [1.807, 2.05) is 51.1 Å². The van der Waals surface area contributed by atoms with Crippen molar-refractivity contribution in [1.29, 1.82) is 0 Å². The number of fused-ring (bicyclic) bond motifs is 2. The monoisotopic (exact) mass is 377 g/mol. The molecule has 0 atom stereocenters. The quantitative estimate of drug-likeness (QED) is 0.698. The fraction of sp³-hybridized carbons (Fsp3) is 0.318. The van der Waals surface area contributed by atoms with Crippen LogP contribution in [0.4, 0.5) is 4.79 Å². The number of aromatic amines is 1. The molecule has 6 nitrogen and oxygen atoms in total. The van der Waals surface area contributed by atoms with Crippen LogP contribution >= 0.6 is 0 Å². The van der Waals surface area contributed by atoms with Gasteiger partial charge in [0, 0.05) is 24.0 Å². The van der Waals surface area contributed by atoms with Crippen molar-refractivity contribution >= 4 is 16.9 Å². The highest BCUT2D eigenvalue weighted by atomic mass is 16.6. The number of carbonyl (C=O) groups is 1.